The van der Waals surface area contributed by atoms with Crippen LogP contribution in [0.1, 0.15) is 0 Å². The molecule has 0 aromatic rings. The first-order chi connectivity index (χ1) is 5.79. The maximum Gasteiger partial charge on any atom is 0.153 e. The van der Waals surface area contributed by atoms with E-state index >= 15 is 0 Å². The van der Waals surface area contributed by atoms with Gasteiger partial charge in [-0.25, -0.2) is 0 Å². The van der Waals surface area contributed by atoms with Crippen LogP contribution in [0.2, 0.25) is 0 Å². The molecule has 1 N–H and O–H groups in total. The quantitative estimate of drug-likeness (QED) is 0.416. The van der Waals surface area contributed by atoms with Crippen LogP contribution >= 0.6 is 23.2 Å². The third-order valence-electron chi connectivity index (χ3n) is 1.30. The number of nitrogens with one attached hydrogen (secondary N) is 1. The Labute approximate surface area is 80.5 Å². The predicted molar refractivity (Wildman–Crippen MR) is 52.9 cm³/mol. The number of alkyl halides is 1. The number of rotatable bonds is 2. The molecule has 0 fully saturated rings. The SMILES string of the molecule is C=N/C(Cl)=C1/NC=C/C1=N/CCl. The molecule has 0 aromatic carbocycles. The number of hydrogen-bond acceptors (Lipinski definition) is 3. The van der Waals surface area contributed by atoms with Crippen molar-refractivity contribution in [3.05, 3.63) is 23.1 Å². The van der Waals surface area contributed by atoms with E-state index in [0.717, 1.165) is 0 Å². The van der Waals surface area contributed by atoms with Gasteiger partial charge in [-0.15, -0.1) is 11.6 Å². The second-order valence-corrected chi connectivity index (χ2v) is 2.56. The van der Waals surface area contributed by atoms with Gasteiger partial charge in [0.15, 0.2) is 5.16 Å². The first-order valence-electron chi connectivity index (χ1n) is 3.20. The molecule has 0 amide bonds. The molecule has 1 aliphatic rings. The van der Waals surface area contributed by atoms with E-state index in [1.165, 1.54) is 0 Å². The van der Waals surface area contributed by atoms with Crippen LogP contribution < -0.4 is 5.32 Å². The van der Waals surface area contributed by atoms with Gasteiger partial charge in [0.2, 0.25) is 0 Å². The van der Waals surface area contributed by atoms with Crippen LogP contribution in [0.25, 0.3) is 0 Å². The molecule has 0 saturated carbocycles. The summed E-state index contributed by atoms with van der Waals surface area (Å²) in [6.07, 6.45) is 3.49. The zero-order valence-corrected chi connectivity index (χ0v) is 7.73. The van der Waals surface area contributed by atoms with Gasteiger partial charge in [0, 0.05) is 6.20 Å². The van der Waals surface area contributed by atoms with E-state index in [4.69, 9.17) is 23.2 Å². The van der Waals surface area contributed by atoms with Crippen LogP contribution in [0.3, 0.4) is 0 Å². The Morgan fingerprint density at radius 2 is 2.42 bits per heavy atom. The zero-order chi connectivity index (χ0) is 8.97. The number of nitrogens with zero attached hydrogens (tertiary/aromatic N) is 2. The average molecular weight is 204 g/mol. The molecule has 1 rings (SSSR count). The largest absolute Gasteiger partial charge is 0.357 e. The smallest absolute Gasteiger partial charge is 0.153 e. The first kappa shape index (κ1) is 9.29. The van der Waals surface area contributed by atoms with Crippen molar-refractivity contribution in [1.29, 1.82) is 0 Å². The van der Waals surface area contributed by atoms with Crippen molar-refractivity contribution in [3.8, 4) is 0 Å². The van der Waals surface area contributed by atoms with Crippen molar-refractivity contribution in [2.45, 2.75) is 0 Å². The molecule has 0 bridgehead atoms. The second-order valence-electron chi connectivity index (χ2n) is 1.96. The number of hydrogen-bond donors (Lipinski definition) is 1. The first-order valence-corrected chi connectivity index (χ1v) is 4.11. The lowest BCUT2D eigenvalue weighted by atomic mass is 10.3. The molecular weight excluding hydrogens is 197 g/mol. The average Bonchev–Trinajstić information content (AvgIpc) is 2.52. The summed E-state index contributed by atoms with van der Waals surface area (Å²) >= 11 is 11.2. The lowest BCUT2D eigenvalue weighted by molar-refractivity contribution is 1.14. The van der Waals surface area contributed by atoms with Crippen molar-refractivity contribution in [1.82, 2.24) is 5.32 Å². The molecule has 0 atom stereocenters. The Morgan fingerprint density at radius 3 is 3.00 bits per heavy atom. The molecule has 3 nitrogen and oxygen atoms in total. The summed E-state index contributed by atoms with van der Waals surface area (Å²) in [5.41, 5.74) is 1.34. The highest BCUT2D eigenvalue weighted by Gasteiger charge is 2.12. The van der Waals surface area contributed by atoms with Gasteiger partial charge < -0.3 is 5.32 Å². The normalized spacial score (nSPS) is 22.7. The summed E-state index contributed by atoms with van der Waals surface area (Å²) in [4.78, 5) is 7.55. The van der Waals surface area contributed by atoms with Crippen LogP contribution in [0.4, 0.5) is 0 Å². The molecule has 1 heterocycles. The Bertz CT molecular complexity index is 278. The number of halogens is 2. The van der Waals surface area contributed by atoms with Crippen LogP contribution in [0.5, 0.6) is 0 Å². The summed E-state index contributed by atoms with van der Waals surface area (Å²) in [6.45, 7) is 3.30. The molecule has 0 unspecified atom stereocenters. The third-order valence-corrected chi connectivity index (χ3v) is 1.73. The van der Waals surface area contributed by atoms with E-state index in [0.29, 0.717) is 16.6 Å². The molecule has 0 spiro atoms. The Morgan fingerprint density at radius 1 is 1.67 bits per heavy atom. The summed E-state index contributed by atoms with van der Waals surface area (Å²) in [6, 6.07) is 0.201. The van der Waals surface area contributed by atoms with Gasteiger partial charge in [-0.1, -0.05) is 11.6 Å². The van der Waals surface area contributed by atoms with Crippen LogP contribution in [0, 0.1) is 0 Å². The Balaban J connectivity index is 2.96. The minimum atomic E-state index is 0.201. The van der Waals surface area contributed by atoms with E-state index in [1.54, 1.807) is 12.3 Å². The minimum absolute atomic E-state index is 0.201. The highest BCUT2D eigenvalue weighted by molar-refractivity contribution is 6.33. The van der Waals surface area contributed by atoms with Crippen molar-refractivity contribution in [3.63, 3.8) is 0 Å². The van der Waals surface area contributed by atoms with Crippen molar-refractivity contribution >= 4 is 35.6 Å². The number of aliphatic imine (C=N–C) groups is 2. The molecule has 0 aliphatic carbocycles. The zero-order valence-electron chi connectivity index (χ0n) is 6.22. The monoisotopic (exact) mass is 203 g/mol. The second kappa shape index (κ2) is 4.28. The molecule has 5 heteroatoms. The fourth-order valence-electron chi connectivity index (χ4n) is 0.802. The molecule has 64 valence electrons. The van der Waals surface area contributed by atoms with E-state index in [1.807, 2.05) is 0 Å². The minimum Gasteiger partial charge on any atom is -0.357 e. The highest BCUT2D eigenvalue weighted by Crippen LogP contribution is 2.14. The van der Waals surface area contributed by atoms with Gasteiger partial charge >= 0.3 is 0 Å². The Kier molecular flexibility index (Phi) is 3.31. The van der Waals surface area contributed by atoms with E-state index < -0.39 is 0 Å². The maximum absolute atomic E-state index is 5.73. The summed E-state index contributed by atoms with van der Waals surface area (Å²) in [7, 11) is 0. The third kappa shape index (κ3) is 1.87. The topological polar surface area (TPSA) is 36.8 Å². The maximum atomic E-state index is 5.73. The van der Waals surface area contributed by atoms with Crippen LogP contribution in [-0.2, 0) is 0 Å². The van der Waals surface area contributed by atoms with E-state index in [-0.39, 0.29) is 6.00 Å². The van der Waals surface area contributed by atoms with Crippen molar-refractivity contribution in [2.24, 2.45) is 9.98 Å². The summed E-state index contributed by atoms with van der Waals surface area (Å²) in [5, 5.41) is 3.18. The van der Waals surface area contributed by atoms with Gasteiger partial charge in [0.1, 0.15) is 11.7 Å². The molecule has 12 heavy (non-hydrogen) atoms. The highest BCUT2D eigenvalue weighted by atomic mass is 35.5. The molecule has 0 radical (unpaired) electrons. The van der Waals surface area contributed by atoms with Gasteiger partial charge in [-0.3, -0.25) is 9.98 Å². The Hall–Kier alpha value is -0.800. The van der Waals surface area contributed by atoms with Crippen molar-refractivity contribution in [2.75, 3.05) is 6.00 Å². The fraction of sp³-hybridized carbons (Fsp3) is 0.143. The van der Waals surface area contributed by atoms with Gasteiger partial charge in [-0.2, -0.15) is 0 Å². The summed E-state index contributed by atoms with van der Waals surface area (Å²) < 4.78 is 0. The molecular formula is C7H7Cl2N3. The molecule has 0 saturated heterocycles. The molecule has 1 aliphatic heterocycles. The lowest BCUT2D eigenvalue weighted by Crippen LogP contribution is -2.07. The van der Waals surface area contributed by atoms with E-state index in [2.05, 4.69) is 22.0 Å². The molecule has 0 aromatic heterocycles. The predicted octanol–water partition coefficient (Wildman–Crippen LogP) is 1.85. The summed E-state index contributed by atoms with van der Waals surface area (Å²) in [5.74, 6) is 0. The standard InChI is InChI=1S/C7H7Cl2N3/c1-10-7(9)6-5(12-4-8)2-3-11-6/h2-3,11H,1,4H2/b7-6+,12-5-. The van der Waals surface area contributed by atoms with Crippen molar-refractivity contribution < 1.29 is 0 Å². The van der Waals surface area contributed by atoms with Crippen LogP contribution in [0.15, 0.2) is 33.1 Å². The van der Waals surface area contributed by atoms with E-state index in [9.17, 15) is 0 Å². The number of allylic oxidation sites excluding steroid dienone is 1. The van der Waals surface area contributed by atoms with Crippen LogP contribution in [-0.4, -0.2) is 18.4 Å². The lowest BCUT2D eigenvalue weighted by Gasteiger charge is -2.00. The van der Waals surface area contributed by atoms with Gasteiger partial charge in [-0.05, 0) is 12.8 Å². The van der Waals surface area contributed by atoms with Gasteiger partial charge in [0.25, 0.3) is 0 Å². The fourth-order valence-corrected chi connectivity index (χ4v) is 1.08. The van der Waals surface area contributed by atoms with Gasteiger partial charge in [0.05, 0.1) is 5.71 Å².